The minimum absolute atomic E-state index is 0.0178. The molecule has 1 heterocycles. The third kappa shape index (κ3) is 7.68. The summed E-state index contributed by atoms with van der Waals surface area (Å²) in [5.74, 6) is 0.770. The first kappa shape index (κ1) is 21.9. The molecular weight excluding hydrogens is 370 g/mol. The van der Waals surface area contributed by atoms with Gasteiger partial charge in [0.15, 0.2) is 5.96 Å². The van der Waals surface area contributed by atoms with E-state index in [4.69, 9.17) is 0 Å². The van der Waals surface area contributed by atoms with E-state index >= 15 is 0 Å². The lowest BCUT2D eigenvalue weighted by atomic mass is 10.1. The minimum Gasteiger partial charge on any atom is -0.357 e. The van der Waals surface area contributed by atoms with Gasteiger partial charge in [-0.1, -0.05) is 25.5 Å². The molecule has 3 N–H and O–H groups in total. The van der Waals surface area contributed by atoms with Gasteiger partial charge < -0.3 is 16.0 Å². The largest absolute Gasteiger partial charge is 0.357 e. The van der Waals surface area contributed by atoms with Gasteiger partial charge in [-0.05, 0) is 38.0 Å². The smallest absolute Gasteiger partial charge is 0.251 e. The first-order valence-corrected chi connectivity index (χ1v) is 10.8. The number of thiazole rings is 1. The van der Waals surface area contributed by atoms with Gasteiger partial charge in [0.2, 0.25) is 0 Å². The number of aromatic nitrogens is 1. The molecule has 7 heteroatoms. The van der Waals surface area contributed by atoms with Crippen LogP contribution in [0, 0.1) is 6.92 Å². The van der Waals surface area contributed by atoms with Crippen molar-refractivity contribution in [2.24, 2.45) is 4.99 Å². The molecule has 0 aliphatic heterocycles. The van der Waals surface area contributed by atoms with E-state index in [2.05, 4.69) is 38.2 Å². The van der Waals surface area contributed by atoms with Crippen LogP contribution in [0.5, 0.6) is 0 Å². The number of nitrogens with zero attached hydrogens (tertiary/aromatic N) is 2. The first-order chi connectivity index (χ1) is 13.6. The van der Waals surface area contributed by atoms with Crippen LogP contribution in [0.25, 0.3) is 0 Å². The molecule has 0 aliphatic carbocycles. The van der Waals surface area contributed by atoms with Crippen LogP contribution in [0.1, 0.15) is 53.3 Å². The van der Waals surface area contributed by atoms with Crippen molar-refractivity contribution in [3.8, 4) is 0 Å². The SMILES string of the molecule is CCCCNC(=O)c1ccc(CN=C(NCC)NCCc2csc(C)n2)cc1. The summed E-state index contributed by atoms with van der Waals surface area (Å²) in [5, 5.41) is 12.7. The van der Waals surface area contributed by atoms with Gasteiger partial charge in [-0.25, -0.2) is 9.98 Å². The molecule has 0 atom stereocenters. The maximum absolute atomic E-state index is 12.1. The zero-order valence-corrected chi connectivity index (χ0v) is 17.9. The zero-order chi connectivity index (χ0) is 20.2. The van der Waals surface area contributed by atoms with E-state index in [0.717, 1.165) is 61.1 Å². The predicted octanol–water partition coefficient (Wildman–Crippen LogP) is 3.28. The van der Waals surface area contributed by atoms with Crippen LogP contribution in [-0.2, 0) is 13.0 Å². The van der Waals surface area contributed by atoms with Gasteiger partial charge in [-0.3, -0.25) is 4.79 Å². The number of unbranched alkanes of at least 4 members (excludes halogenated alkanes) is 1. The molecule has 0 radical (unpaired) electrons. The molecule has 0 saturated carbocycles. The molecule has 0 bridgehead atoms. The van der Waals surface area contributed by atoms with Crippen molar-refractivity contribution >= 4 is 23.2 Å². The summed E-state index contributed by atoms with van der Waals surface area (Å²) in [6.45, 7) is 9.05. The van der Waals surface area contributed by atoms with Crippen molar-refractivity contribution in [1.29, 1.82) is 0 Å². The summed E-state index contributed by atoms with van der Waals surface area (Å²) in [6.07, 6.45) is 2.94. The van der Waals surface area contributed by atoms with Gasteiger partial charge >= 0.3 is 0 Å². The average Bonchev–Trinajstić information content (AvgIpc) is 3.11. The second-order valence-electron chi connectivity index (χ2n) is 6.54. The molecule has 1 aromatic heterocycles. The first-order valence-electron chi connectivity index (χ1n) is 9.92. The van der Waals surface area contributed by atoms with Crippen LogP contribution in [-0.4, -0.2) is 36.5 Å². The summed E-state index contributed by atoms with van der Waals surface area (Å²) >= 11 is 1.68. The summed E-state index contributed by atoms with van der Waals surface area (Å²) in [7, 11) is 0. The third-order valence-corrected chi connectivity index (χ3v) is 4.96. The van der Waals surface area contributed by atoms with Crippen molar-refractivity contribution in [1.82, 2.24) is 20.9 Å². The molecule has 152 valence electrons. The lowest BCUT2D eigenvalue weighted by molar-refractivity contribution is 0.0953. The average molecular weight is 402 g/mol. The Morgan fingerprint density at radius 1 is 1.11 bits per heavy atom. The van der Waals surface area contributed by atoms with Crippen molar-refractivity contribution in [2.75, 3.05) is 19.6 Å². The van der Waals surface area contributed by atoms with Crippen LogP contribution in [0.4, 0.5) is 0 Å². The van der Waals surface area contributed by atoms with E-state index in [9.17, 15) is 4.79 Å². The molecule has 6 nitrogen and oxygen atoms in total. The van der Waals surface area contributed by atoms with E-state index in [1.54, 1.807) is 11.3 Å². The van der Waals surface area contributed by atoms with Gasteiger partial charge in [0, 0.05) is 37.0 Å². The van der Waals surface area contributed by atoms with Crippen molar-refractivity contribution < 1.29 is 4.79 Å². The lowest BCUT2D eigenvalue weighted by Crippen LogP contribution is -2.38. The highest BCUT2D eigenvalue weighted by molar-refractivity contribution is 7.09. The lowest BCUT2D eigenvalue weighted by Gasteiger charge is -2.11. The number of hydrogen-bond donors (Lipinski definition) is 3. The Morgan fingerprint density at radius 2 is 1.89 bits per heavy atom. The molecular formula is C21H31N5OS. The number of hydrogen-bond acceptors (Lipinski definition) is 4. The van der Waals surface area contributed by atoms with Gasteiger partial charge in [-0.2, -0.15) is 0 Å². The van der Waals surface area contributed by atoms with Crippen molar-refractivity contribution in [3.63, 3.8) is 0 Å². The van der Waals surface area contributed by atoms with E-state index in [1.165, 1.54) is 0 Å². The van der Waals surface area contributed by atoms with E-state index in [-0.39, 0.29) is 5.91 Å². The van der Waals surface area contributed by atoms with Crippen molar-refractivity contribution in [2.45, 2.75) is 46.6 Å². The highest BCUT2D eigenvalue weighted by atomic mass is 32.1. The number of rotatable bonds is 10. The normalized spacial score (nSPS) is 11.3. The number of benzene rings is 1. The quantitative estimate of drug-likeness (QED) is 0.324. The van der Waals surface area contributed by atoms with Crippen LogP contribution < -0.4 is 16.0 Å². The number of nitrogens with one attached hydrogen (secondary N) is 3. The fourth-order valence-electron chi connectivity index (χ4n) is 2.59. The number of carbonyl (C=O) groups excluding carboxylic acids is 1. The Bertz CT molecular complexity index is 754. The van der Waals surface area contributed by atoms with Gasteiger partial charge in [0.25, 0.3) is 5.91 Å². The number of aliphatic imine (C=N–C) groups is 1. The third-order valence-electron chi connectivity index (χ3n) is 4.14. The molecule has 0 spiro atoms. The van der Waals surface area contributed by atoms with Crippen LogP contribution in [0.2, 0.25) is 0 Å². The maximum atomic E-state index is 12.1. The molecule has 28 heavy (non-hydrogen) atoms. The van der Waals surface area contributed by atoms with Crippen LogP contribution >= 0.6 is 11.3 Å². The number of amides is 1. The summed E-state index contributed by atoms with van der Waals surface area (Å²) in [4.78, 5) is 21.2. The Labute approximate surface area is 171 Å². The summed E-state index contributed by atoms with van der Waals surface area (Å²) in [6, 6.07) is 7.63. The molecule has 0 aliphatic rings. The minimum atomic E-state index is -0.0178. The second kappa shape index (κ2) is 12.1. The standard InChI is InChI=1S/C21H31N5OS/c1-4-6-12-23-20(27)18-9-7-17(8-10-18)14-25-21(22-5-2)24-13-11-19-15-28-16(3)26-19/h7-10,15H,4-6,11-14H2,1-3H3,(H,23,27)(H2,22,24,25). The molecule has 1 amide bonds. The van der Waals surface area contributed by atoms with E-state index in [1.807, 2.05) is 38.1 Å². The van der Waals surface area contributed by atoms with Crippen LogP contribution in [0.15, 0.2) is 34.6 Å². The maximum Gasteiger partial charge on any atom is 0.251 e. The Hall–Kier alpha value is -2.41. The second-order valence-corrected chi connectivity index (χ2v) is 7.60. The fraction of sp³-hybridized carbons (Fsp3) is 0.476. The highest BCUT2D eigenvalue weighted by Crippen LogP contribution is 2.08. The van der Waals surface area contributed by atoms with E-state index < -0.39 is 0 Å². The fourth-order valence-corrected chi connectivity index (χ4v) is 3.23. The Morgan fingerprint density at radius 3 is 2.54 bits per heavy atom. The predicted molar refractivity (Wildman–Crippen MR) is 117 cm³/mol. The van der Waals surface area contributed by atoms with Crippen LogP contribution in [0.3, 0.4) is 0 Å². The van der Waals surface area contributed by atoms with Gasteiger partial charge in [0.05, 0.1) is 17.2 Å². The summed E-state index contributed by atoms with van der Waals surface area (Å²) in [5.41, 5.74) is 2.86. The van der Waals surface area contributed by atoms with E-state index in [0.29, 0.717) is 12.1 Å². The number of guanidine groups is 1. The topological polar surface area (TPSA) is 78.4 Å². The molecule has 0 saturated heterocycles. The van der Waals surface area contributed by atoms with Gasteiger partial charge in [-0.15, -0.1) is 11.3 Å². The zero-order valence-electron chi connectivity index (χ0n) is 17.0. The molecule has 0 fully saturated rings. The Balaban J connectivity index is 1.84. The number of carbonyl (C=O) groups is 1. The summed E-state index contributed by atoms with van der Waals surface area (Å²) < 4.78 is 0. The molecule has 1 aromatic carbocycles. The monoisotopic (exact) mass is 401 g/mol. The molecule has 2 aromatic rings. The highest BCUT2D eigenvalue weighted by Gasteiger charge is 2.05. The molecule has 2 rings (SSSR count). The number of aryl methyl sites for hydroxylation is 1. The Kier molecular flexibility index (Phi) is 9.48. The molecule has 0 unspecified atom stereocenters. The van der Waals surface area contributed by atoms with Crippen molar-refractivity contribution in [3.05, 3.63) is 51.5 Å². The van der Waals surface area contributed by atoms with Gasteiger partial charge in [0.1, 0.15) is 0 Å².